The Morgan fingerprint density at radius 1 is 1.00 bits per heavy atom. The van der Waals surface area contributed by atoms with Crippen LogP contribution in [0.25, 0.3) is 0 Å². The number of rotatable bonds is 12. The lowest BCUT2D eigenvalue weighted by Crippen LogP contribution is -2.33. The lowest BCUT2D eigenvalue weighted by molar-refractivity contribution is 0.0812. The monoisotopic (exact) mass is 506 g/mol. The number of ketones is 1. The summed E-state index contributed by atoms with van der Waals surface area (Å²) in [6.45, 7) is 4.81. The summed E-state index contributed by atoms with van der Waals surface area (Å²) in [6, 6.07) is 18.5. The van der Waals surface area contributed by atoms with Gasteiger partial charge >= 0.3 is 0 Å². The summed E-state index contributed by atoms with van der Waals surface area (Å²) in [5, 5.41) is 9.90. The molecule has 196 valence electrons. The van der Waals surface area contributed by atoms with Gasteiger partial charge in [-0.3, -0.25) is 4.79 Å². The van der Waals surface area contributed by atoms with Crippen molar-refractivity contribution in [3.8, 4) is 23.0 Å². The van der Waals surface area contributed by atoms with Gasteiger partial charge in [0.05, 0.1) is 18.8 Å². The fourth-order valence-corrected chi connectivity index (χ4v) is 4.21. The van der Waals surface area contributed by atoms with Crippen molar-refractivity contribution in [3.63, 3.8) is 0 Å². The van der Waals surface area contributed by atoms with E-state index in [4.69, 9.17) is 23.7 Å². The number of Topliss-reactive ketones (excluding diaryl/α,β-unsaturated/α-hetero) is 1. The number of hydrogen-bond acceptors (Lipinski definition) is 7. The summed E-state index contributed by atoms with van der Waals surface area (Å²) in [5.74, 6) is 1.98. The van der Waals surface area contributed by atoms with Gasteiger partial charge in [-0.05, 0) is 56.5 Å². The maximum Gasteiger partial charge on any atom is 0.203 e. The molecule has 1 heterocycles. The largest absolute Gasteiger partial charge is 0.491 e. The zero-order chi connectivity index (χ0) is 26.3. The van der Waals surface area contributed by atoms with Crippen LogP contribution in [0.15, 0.2) is 60.7 Å². The van der Waals surface area contributed by atoms with Gasteiger partial charge in [0.15, 0.2) is 6.61 Å². The Morgan fingerprint density at radius 2 is 1.81 bits per heavy atom. The highest BCUT2D eigenvalue weighted by Gasteiger charge is 2.30. The molecule has 0 fully saturated rings. The third kappa shape index (κ3) is 6.81. The molecule has 7 nitrogen and oxygen atoms in total. The predicted molar refractivity (Wildman–Crippen MR) is 140 cm³/mol. The molecule has 1 N–H and O–H groups in total. The maximum absolute atomic E-state index is 13.3. The molecule has 37 heavy (non-hydrogen) atoms. The van der Waals surface area contributed by atoms with Crippen LogP contribution in [0.5, 0.6) is 23.0 Å². The second kappa shape index (κ2) is 12.1. The van der Waals surface area contributed by atoms with E-state index in [2.05, 4.69) is 0 Å². The smallest absolute Gasteiger partial charge is 0.203 e. The summed E-state index contributed by atoms with van der Waals surface area (Å²) in [5.41, 5.74) is 2.59. The zero-order valence-electron chi connectivity index (χ0n) is 21.6. The summed E-state index contributed by atoms with van der Waals surface area (Å²) in [7, 11) is 1.61. The summed E-state index contributed by atoms with van der Waals surface area (Å²) in [4.78, 5) is 13.3. The minimum Gasteiger partial charge on any atom is -0.491 e. The molecule has 0 radical (unpaired) electrons. The van der Waals surface area contributed by atoms with Crippen LogP contribution in [-0.2, 0) is 24.4 Å². The average molecular weight is 507 g/mol. The lowest BCUT2D eigenvalue weighted by Gasteiger charge is -2.33. The molecule has 0 saturated carbocycles. The Bertz CT molecular complexity index is 1200. The van der Waals surface area contributed by atoms with E-state index in [9.17, 15) is 9.90 Å². The molecule has 0 saturated heterocycles. The van der Waals surface area contributed by atoms with E-state index < -0.39 is 0 Å². The molecule has 4 rings (SSSR count). The lowest BCUT2D eigenvalue weighted by atomic mass is 9.92. The predicted octanol–water partition coefficient (Wildman–Crippen LogP) is 5.15. The van der Waals surface area contributed by atoms with Gasteiger partial charge in [-0.2, -0.15) is 0 Å². The second-order valence-corrected chi connectivity index (χ2v) is 9.54. The van der Waals surface area contributed by atoms with E-state index in [0.717, 1.165) is 29.7 Å². The number of ether oxygens (including phenoxy) is 5. The summed E-state index contributed by atoms with van der Waals surface area (Å²) >= 11 is 0. The highest BCUT2D eigenvalue weighted by molar-refractivity contribution is 6.00. The van der Waals surface area contributed by atoms with Crippen molar-refractivity contribution in [3.05, 3.63) is 82.9 Å². The first-order valence-electron chi connectivity index (χ1n) is 12.4. The summed E-state index contributed by atoms with van der Waals surface area (Å²) < 4.78 is 29.0. The van der Waals surface area contributed by atoms with Gasteiger partial charge < -0.3 is 28.8 Å². The first-order valence-corrected chi connectivity index (χ1v) is 12.4. The van der Waals surface area contributed by atoms with Gasteiger partial charge in [0, 0.05) is 24.3 Å². The van der Waals surface area contributed by atoms with Crippen molar-refractivity contribution in [2.24, 2.45) is 0 Å². The standard InChI is InChI=1S/C30H34O7/c1-30(2)14-13-25-27(37-30)12-9-22(18-31)29(25)36-20-26(32)24-11-10-23(34-16-15-33-3)17-28(24)35-19-21-7-5-4-6-8-21/h4-12,17,31H,13-16,18-20H2,1-3H3. The Kier molecular flexibility index (Phi) is 8.69. The van der Waals surface area contributed by atoms with E-state index in [1.54, 1.807) is 31.4 Å². The van der Waals surface area contributed by atoms with Crippen molar-refractivity contribution >= 4 is 5.78 Å². The van der Waals surface area contributed by atoms with Crippen molar-refractivity contribution in [1.82, 2.24) is 0 Å². The topological polar surface area (TPSA) is 83.5 Å². The second-order valence-electron chi connectivity index (χ2n) is 9.54. The van der Waals surface area contributed by atoms with E-state index in [1.165, 1.54) is 0 Å². The normalized spacial score (nSPS) is 13.8. The van der Waals surface area contributed by atoms with Crippen LogP contribution in [0.3, 0.4) is 0 Å². The molecule has 0 bridgehead atoms. The highest BCUT2D eigenvalue weighted by atomic mass is 16.5. The molecule has 1 aliphatic rings. The van der Waals surface area contributed by atoms with E-state index in [1.807, 2.05) is 50.2 Å². The Labute approximate surface area is 217 Å². The van der Waals surface area contributed by atoms with Crippen molar-refractivity contribution in [2.45, 2.75) is 45.5 Å². The number of carbonyl (C=O) groups is 1. The molecule has 1 aliphatic heterocycles. The molecule has 0 amide bonds. The number of fused-ring (bicyclic) bond motifs is 1. The van der Waals surface area contributed by atoms with Gasteiger partial charge in [0.1, 0.15) is 41.8 Å². The number of aliphatic hydroxyl groups is 1. The minimum atomic E-state index is -0.279. The molecule has 0 aliphatic carbocycles. The number of hydrogen-bond donors (Lipinski definition) is 1. The molecule has 7 heteroatoms. The maximum atomic E-state index is 13.3. The van der Waals surface area contributed by atoms with E-state index in [-0.39, 0.29) is 24.6 Å². The van der Waals surface area contributed by atoms with E-state index >= 15 is 0 Å². The van der Waals surface area contributed by atoms with Crippen LogP contribution < -0.4 is 18.9 Å². The molecule has 0 atom stereocenters. The van der Waals surface area contributed by atoms with Crippen LogP contribution in [0.2, 0.25) is 0 Å². The fourth-order valence-electron chi connectivity index (χ4n) is 4.21. The van der Waals surface area contributed by atoms with Crippen LogP contribution in [0.1, 0.15) is 47.3 Å². The zero-order valence-corrected chi connectivity index (χ0v) is 21.6. The number of benzene rings is 3. The van der Waals surface area contributed by atoms with Crippen LogP contribution in [0, 0.1) is 0 Å². The Balaban J connectivity index is 1.54. The third-order valence-electron chi connectivity index (χ3n) is 6.23. The molecule has 3 aromatic rings. The van der Waals surface area contributed by atoms with Gasteiger partial charge in [0.2, 0.25) is 5.78 Å². The van der Waals surface area contributed by atoms with Gasteiger partial charge in [-0.25, -0.2) is 0 Å². The van der Waals surface area contributed by atoms with Crippen molar-refractivity contribution < 1.29 is 33.6 Å². The van der Waals surface area contributed by atoms with Gasteiger partial charge in [-0.1, -0.05) is 30.3 Å². The van der Waals surface area contributed by atoms with Crippen LogP contribution in [-0.4, -0.2) is 43.4 Å². The Morgan fingerprint density at radius 3 is 2.57 bits per heavy atom. The van der Waals surface area contributed by atoms with Gasteiger partial charge in [0.25, 0.3) is 0 Å². The van der Waals surface area contributed by atoms with Gasteiger partial charge in [-0.15, -0.1) is 0 Å². The van der Waals surface area contributed by atoms with Crippen LogP contribution >= 0.6 is 0 Å². The third-order valence-corrected chi connectivity index (χ3v) is 6.23. The molecular weight excluding hydrogens is 472 g/mol. The molecule has 0 spiro atoms. The Hall–Kier alpha value is -3.55. The SMILES string of the molecule is COCCOc1ccc(C(=O)COc2c(CO)ccc3c2CCC(C)(C)O3)c(OCc2ccccc2)c1. The first kappa shape index (κ1) is 26.5. The number of methoxy groups -OCH3 is 1. The van der Waals surface area contributed by atoms with Crippen molar-refractivity contribution in [1.29, 1.82) is 0 Å². The first-order chi connectivity index (χ1) is 17.9. The average Bonchev–Trinajstić information content (AvgIpc) is 2.90. The van der Waals surface area contributed by atoms with Crippen LogP contribution in [0.4, 0.5) is 0 Å². The molecular formula is C30H34O7. The number of aliphatic hydroxyl groups excluding tert-OH is 1. The van der Waals surface area contributed by atoms with Crippen molar-refractivity contribution in [2.75, 3.05) is 26.9 Å². The quantitative estimate of drug-likeness (QED) is 0.269. The minimum absolute atomic E-state index is 0.195. The molecule has 0 unspecified atom stereocenters. The summed E-state index contributed by atoms with van der Waals surface area (Å²) in [6.07, 6.45) is 1.54. The highest BCUT2D eigenvalue weighted by Crippen LogP contribution is 2.40. The number of carbonyl (C=O) groups excluding carboxylic acids is 1. The molecule has 0 aromatic heterocycles. The molecule has 3 aromatic carbocycles. The van der Waals surface area contributed by atoms with E-state index in [0.29, 0.717) is 48.2 Å². The fraction of sp³-hybridized carbons (Fsp3) is 0.367.